The largest absolute Gasteiger partial charge is 0.494 e. The minimum atomic E-state index is -4.24. The highest BCUT2D eigenvalue weighted by atomic mass is 35.5. The molecule has 1 aliphatic rings. The van der Waals surface area contributed by atoms with Gasteiger partial charge in [-0.05, 0) is 79.6 Å². The lowest BCUT2D eigenvalue weighted by Gasteiger charge is -2.27. The van der Waals surface area contributed by atoms with Crippen LogP contribution in [0.15, 0.2) is 82.6 Å². The van der Waals surface area contributed by atoms with Crippen molar-refractivity contribution in [1.82, 2.24) is 4.31 Å². The van der Waals surface area contributed by atoms with Crippen LogP contribution in [0.1, 0.15) is 18.9 Å². The molecule has 1 saturated heterocycles. The number of carbonyl (C=O) groups excluding carboxylic acids is 2. The summed E-state index contributed by atoms with van der Waals surface area (Å²) in [7, 11) is -8.13. The van der Waals surface area contributed by atoms with Crippen LogP contribution in [0.3, 0.4) is 0 Å². The Labute approximate surface area is 232 Å². The number of hydrogen-bond donors (Lipinski definition) is 1. The molecule has 1 heterocycles. The van der Waals surface area contributed by atoms with E-state index in [1.54, 1.807) is 24.3 Å². The van der Waals surface area contributed by atoms with E-state index in [-0.39, 0.29) is 29.2 Å². The molecule has 0 bridgehead atoms. The van der Waals surface area contributed by atoms with E-state index in [9.17, 15) is 26.4 Å². The average Bonchev–Trinajstić information content (AvgIpc) is 3.18. The highest BCUT2D eigenvalue weighted by molar-refractivity contribution is 7.89. The highest BCUT2D eigenvalue weighted by Gasteiger charge is 2.46. The summed E-state index contributed by atoms with van der Waals surface area (Å²) < 4.78 is 57.0. The number of carbonyl (C=O) groups is 2. The molecule has 39 heavy (non-hydrogen) atoms. The van der Waals surface area contributed by atoms with Crippen molar-refractivity contribution in [1.29, 1.82) is 0 Å². The second-order valence-electron chi connectivity index (χ2n) is 8.72. The van der Waals surface area contributed by atoms with E-state index in [1.807, 2.05) is 6.92 Å². The van der Waals surface area contributed by atoms with E-state index >= 15 is 0 Å². The fourth-order valence-corrected chi connectivity index (χ4v) is 6.46. The Hall–Kier alpha value is -3.29. The smallest absolute Gasteiger partial charge is 0.252 e. The maximum atomic E-state index is 13.7. The molecule has 4 rings (SSSR count). The number of rotatable bonds is 10. The number of benzene rings is 3. The third-order valence-electron chi connectivity index (χ3n) is 6.17. The normalized spacial score (nSPS) is 16.2. The van der Waals surface area contributed by atoms with Gasteiger partial charge in [-0.2, -0.15) is 4.31 Å². The van der Waals surface area contributed by atoms with Crippen LogP contribution in [0.2, 0.25) is 5.02 Å². The summed E-state index contributed by atoms with van der Waals surface area (Å²) in [5.74, 6) is -0.647. The molecule has 3 aromatic carbocycles. The number of hydrogen-bond acceptors (Lipinski definition) is 7. The second kappa shape index (κ2) is 11.4. The number of nitrogens with two attached hydrogens (primary N) is 1. The number of amides is 2. The monoisotopic (exact) mass is 591 g/mol. The number of imide groups is 1. The van der Waals surface area contributed by atoms with Crippen LogP contribution in [0.4, 0.5) is 5.69 Å². The Morgan fingerprint density at radius 1 is 0.923 bits per heavy atom. The summed E-state index contributed by atoms with van der Waals surface area (Å²) in [6, 6.07) is 16.3. The van der Waals surface area contributed by atoms with Gasteiger partial charge in [0.1, 0.15) is 11.8 Å². The lowest BCUT2D eigenvalue weighted by molar-refractivity contribution is -0.122. The minimum Gasteiger partial charge on any atom is -0.494 e. The third kappa shape index (κ3) is 6.31. The molecule has 0 aliphatic carbocycles. The number of halogens is 1. The zero-order valence-electron chi connectivity index (χ0n) is 20.9. The van der Waals surface area contributed by atoms with Gasteiger partial charge in [-0.1, -0.05) is 23.7 Å². The molecule has 3 aromatic rings. The lowest BCUT2D eigenvalue weighted by atomic mass is 10.1. The Bertz CT molecular complexity index is 1580. The van der Waals surface area contributed by atoms with Crippen LogP contribution in [0.5, 0.6) is 5.75 Å². The van der Waals surface area contributed by atoms with Crippen LogP contribution >= 0.6 is 11.6 Å². The predicted molar refractivity (Wildman–Crippen MR) is 145 cm³/mol. The van der Waals surface area contributed by atoms with Crippen molar-refractivity contribution in [2.75, 3.05) is 18.1 Å². The van der Waals surface area contributed by atoms with Crippen molar-refractivity contribution in [2.24, 2.45) is 5.14 Å². The van der Waals surface area contributed by atoms with Gasteiger partial charge >= 0.3 is 0 Å². The quantitative estimate of drug-likeness (QED) is 0.357. The van der Waals surface area contributed by atoms with E-state index in [0.717, 1.165) is 9.21 Å². The first-order valence-electron chi connectivity index (χ1n) is 11.9. The summed E-state index contributed by atoms with van der Waals surface area (Å²) >= 11 is 5.94. The van der Waals surface area contributed by atoms with Gasteiger partial charge in [0, 0.05) is 11.6 Å². The van der Waals surface area contributed by atoms with E-state index < -0.39 is 37.9 Å². The molecule has 0 aromatic heterocycles. The fourth-order valence-electron chi connectivity index (χ4n) is 4.24. The number of sulfonamides is 2. The van der Waals surface area contributed by atoms with Gasteiger partial charge in [0.2, 0.25) is 26.0 Å². The molecule has 1 fully saturated rings. The summed E-state index contributed by atoms with van der Waals surface area (Å²) in [6.07, 6.45) is -0.206. The fraction of sp³-hybridized carbons (Fsp3) is 0.231. The van der Waals surface area contributed by atoms with Gasteiger partial charge in [-0.25, -0.2) is 26.9 Å². The minimum absolute atomic E-state index is 0.0838. The molecule has 1 aliphatic heterocycles. The summed E-state index contributed by atoms with van der Waals surface area (Å²) in [5.41, 5.74) is 0.914. The van der Waals surface area contributed by atoms with Crippen LogP contribution in [0.25, 0.3) is 0 Å². The number of ether oxygens (including phenoxy) is 1. The van der Waals surface area contributed by atoms with Gasteiger partial charge in [0.15, 0.2) is 0 Å². The Morgan fingerprint density at radius 3 is 2.08 bits per heavy atom. The van der Waals surface area contributed by atoms with Gasteiger partial charge in [-0.15, -0.1) is 0 Å². The summed E-state index contributed by atoms with van der Waals surface area (Å²) in [4.78, 5) is 27.3. The molecule has 2 N–H and O–H groups in total. The SMILES string of the molecule is CCOc1ccc(N2C(=O)CC(N(CCc3ccc(S(N)(=O)=O)cc3)S(=O)(=O)c3ccc(Cl)cc3)C2=O)cc1. The molecule has 2 amide bonds. The maximum Gasteiger partial charge on any atom is 0.252 e. The number of nitrogens with zero attached hydrogens (tertiary/aromatic N) is 2. The Kier molecular flexibility index (Phi) is 8.42. The molecule has 13 heteroatoms. The third-order valence-corrected chi connectivity index (χ3v) is 9.27. The number of primary sulfonamides is 1. The maximum absolute atomic E-state index is 13.7. The Morgan fingerprint density at radius 2 is 1.51 bits per heavy atom. The predicted octanol–water partition coefficient (Wildman–Crippen LogP) is 2.95. The first-order valence-corrected chi connectivity index (χ1v) is 15.3. The van der Waals surface area contributed by atoms with Crippen molar-refractivity contribution in [3.05, 3.63) is 83.4 Å². The molecule has 0 radical (unpaired) electrons. The van der Waals surface area contributed by atoms with Crippen molar-refractivity contribution in [3.8, 4) is 5.75 Å². The van der Waals surface area contributed by atoms with Crippen molar-refractivity contribution in [2.45, 2.75) is 35.6 Å². The zero-order chi connectivity index (χ0) is 28.4. The topological polar surface area (TPSA) is 144 Å². The first kappa shape index (κ1) is 28.7. The molecule has 10 nitrogen and oxygen atoms in total. The molecule has 0 saturated carbocycles. The van der Waals surface area contributed by atoms with Gasteiger partial charge in [0.25, 0.3) is 5.91 Å². The lowest BCUT2D eigenvalue weighted by Crippen LogP contribution is -2.46. The zero-order valence-corrected chi connectivity index (χ0v) is 23.2. The van der Waals surface area contributed by atoms with Crippen LogP contribution < -0.4 is 14.8 Å². The highest BCUT2D eigenvalue weighted by Crippen LogP contribution is 2.31. The van der Waals surface area contributed by atoms with E-state index in [2.05, 4.69) is 0 Å². The van der Waals surface area contributed by atoms with Crippen LogP contribution in [-0.2, 0) is 36.1 Å². The standard InChI is InChI=1S/C26H26ClN3O7S2/c1-2-37-21-9-7-20(8-10-21)30-25(31)17-24(26(30)32)29(39(35,36)23-13-5-19(27)6-14-23)16-15-18-3-11-22(12-4-18)38(28,33)34/h3-14,24H,2,15-17H2,1H3,(H2,28,33,34). The number of anilines is 1. The Balaban J connectivity index is 1.65. The summed E-state index contributed by atoms with van der Waals surface area (Å²) in [6.45, 7) is 2.13. The molecule has 1 unspecified atom stereocenters. The van der Waals surface area contributed by atoms with Crippen molar-refractivity contribution in [3.63, 3.8) is 0 Å². The summed E-state index contributed by atoms with van der Waals surface area (Å²) in [5, 5.41) is 5.49. The van der Waals surface area contributed by atoms with Crippen molar-refractivity contribution >= 4 is 49.1 Å². The first-order chi connectivity index (χ1) is 18.4. The van der Waals surface area contributed by atoms with Crippen molar-refractivity contribution < 1.29 is 31.2 Å². The van der Waals surface area contributed by atoms with Gasteiger partial charge in [0.05, 0.1) is 28.5 Å². The molecular formula is C26H26ClN3O7S2. The molecule has 1 atom stereocenters. The molecule has 0 spiro atoms. The van der Waals surface area contributed by atoms with Gasteiger partial charge in [-0.3, -0.25) is 9.59 Å². The van der Waals surface area contributed by atoms with E-state index in [4.69, 9.17) is 21.5 Å². The van der Waals surface area contributed by atoms with E-state index in [1.165, 1.54) is 48.5 Å². The molecular weight excluding hydrogens is 566 g/mol. The van der Waals surface area contributed by atoms with E-state index in [0.29, 0.717) is 28.6 Å². The second-order valence-corrected chi connectivity index (χ2v) is 12.6. The van der Waals surface area contributed by atoms with Crippen LogP contribution in [-0.4, -0.2) is 52.1 Å². The average molecular weight is 592 g/mol. The molecule has 206 valence electrons. The van der Waals surface area contributed by atoms with Gasteiger partial charge < -0.3 is 4.74 Å². The van der Waals surface area contributed by atoms with Crippen LogP contribution in [0, 0.1) is 0 Å².